The largest absolute Gasteiger partial charge is 0.508 e. The average Bonchev–Trinajstić information content (AvgIpc) is 2.65. The van der Waals surface area contributed by atoms with Gasteiger partial charge in [-0.3, -0.25) is 0 Å². The number of unbranched alkanes of at least 4 members (excludes halogenated alkanes) is 12. The molecule has 0 saturated heterocycles. The zero-order chi connectivity index (χ0) is 18.9. The Hall–Kier alpha value is -1.77. The van der Waals surface area contributed by atoms with Crippen LogP contribution in [0.25, 0.3) is 0 Å². The molecule has 3 heteroatoms. The molecule has 3 nitrogen and oxygen atoms in total. The zero-order valence-corrected chi connectivity index (χ0v) is 16.4. The van der Waals surface area contributed by atoms with E-state index in [4.69, 9.17) is 4.74 Å². The van der Waals surface area contributed by atoms with Crippen molar-refractivity contribution in [3.63, 3.8) is 0 Å². The molecule has 0 unspecified atom stereocenters. The van der Waals surface area contributed by atoms with Gasteiger partial charge in [0.25, 0.3) is 0 Å². The summed E-state index contributed by atoms with van der Waals surface area (Å²) in [4.78, 5) is 11.7. The van der Waals surface area contributed by atoms with Crippen molar-refractivity contribution in [2.45, 2.75) is 90.4 Å². The van der Waals surface area contributed by atoms with E-state index in [0.717, 1.165) is 12.8 Å². The van der Waals surface area contributed by atoms with Crippen molar-refractivity contribution in [2.75, 3.05) is 0 Å². The van der Waals surface area contributed by atoms with Gasteiger partial charge in [-0.2, -0.15) is 0 Å². The molecular weight excluding hydrogens is 324 g/mol. The molecule has 1 aromatic carbocycles. The number of carbonyl (C=O) groups excluding carboxylic acids is 1. The number of carbonyl (C=O) groups is 1. The first-order chi connectivity index (χ1) is 12.7. The van der Waals surface area contributed by atoms with Crippen molar-refractivity contribution in [3.05, 3.63) is 42.2 Å². The van der Waals surface area contributed by atoms with Crippen molar-refractivity contribution >= 4 is 5.97 Å². The van der Waals surface area contributed by atoms with E-state index in [1.165, 1.54) is 89.0 Å². The Morgan fingerprint density at radius 1 is 0.846 bits per heavy atom. The molecule has 1 rings (SSSR count). The SMILES string of the molecule is CCCCCCCCCCCCCC/C=C/OC(=O)c1ccc(O)cc1. The molecule has 26 heavy (non-hydrogen) atoms. The van der Waals surface area contributed by atoms with Gasteiger partial charge in [-0.05, 0) is 43.2 Å². The molecule has 0 aromatic heterocycles. The van der Waals surface area contributed by atoms with Gasteiger partial charge in [-0.15, -0.1) is 0 Å². The maximum atomic E-state index is 11.7. The van der Waals surface area contributed by atoms with Crippen LogP contribution < -0.4 is 0 Å². The molecule has 146 valence electrons. The Bertz CT molecular complexity index is 491. The number of rotatable bonds is 15. The number of phenolic OH excluding ortho intramolecular Hbond substituents is 1. The highest BCUT2D eigenvalue weighted by Crippen LogP contribution is 2.13. The van der Waals surface area contributed by atoms with Crippen LogP contribution in [-0.2, 0) is 4.74 Å². The summed E-state index contributed by atoms with van der Waals surface area (Å²) in [6, 6.07) is 6.06. The summed E-state index contributed by atoms with van der Waals surface area (Å²) in [5.74, 6) is -0.250. The summed E-state index contributed by atoms with van der Waals surface area (Å²) in [7, 11) is 0. The number of hydrogen-bond donors (Lipinski definition) is 1. The van der Waals surface area contributed by atoms with Gasteiger partial charge < -0.3 is 9.84 Å². The second-order valence-corrected chi connectivity index (χ2v) is 7.00. The Morgan fingerprint density at radius 2 is 1.35 bits per heavy atom. The monoisotopic (exact) mass is 360 g/mol. The summed E-state index contributed by atoms with van der Waals surface area (Å²) in [6.45, 7) is 2.26. The van der Waals surface area contributed by atoms with Gasteiger partial charge in [-0.25, -0.2) is 4.79 Å². The minimum Gasteiger partial charge on any atom is -0.508 e. The van der Waals surface area contributed by atoms with Crippen LogP contribution in [0, 0.1) is 0 Å². The molecule has 1 aromatic rings. The fraction of sp³-hybridized carbons (Fsp3) is 0.609. The van der Waals surface area contributed by atoms with Crippen LogP contribution in [0.4, 0.5) is 0 Å². The maximum Gasteiger partial charge on any atom is 0.342 e. The first kappa shape index (κ1) is 22.3. The maximum absolute atomic E-state index is 11.7. The van der Waals surface area contributed by atoms with Gasteiger partial charge in [0.1, 0.15) is 5.75 Å². The van der Waals surface area contributed by atoms with E-state index in [1.54, 1.807) is 12.1 Å². The molecule has 0 fully saturated rings. The minimum absolute atomic E-state index is 0.143. The highest BCUT2D eigenvalue weighted by Gasteiger charge is 2.04. The van der Waals surface area contributed by atoms with Crippen molar-refractivity contribution in [1.82, 2.24) is 0 Å². The average molecular weight is 361 g/mol. The minimum atomic E-state index is -0.393. The zero-order valence-electron chi connectivity index (χ0n) is 16.4. The molecule has 1 N–H and O–H groups in total. The molecule has 0 spiro atoms. The van der Waals surface area contributed by atoms with Crippen LogP contribution >= 0.6 is 0 Å². The Morgan fingerprint density at radius 3 is 1.88 bits per heavy atom. The van der Waals surface area contributed by atoms with Gasteiger partial charge in [0.2, 0.25) is 0 Å². The summed E-state index contributed by atoms with van der Waals surface area (Å²) in [5.41, 5.74) is 0.442. The smallest absolute Gasteiger partial charge is 0.342 e. The van der Waals surface area contributed by atoms with Gasteiger partial charge >= 0.3 is 5.97 Å². The number of benzene rings is 1. The van der Waals surface area contributed by atoms with Crippen LogP contribution in [0.15, 0.2) is 36.6 Å². The van der Waals surface area contributed by atoms with E-state index in [0.29, 0.717) is 5.56 Å². The van der Waals surface area contributed by atoms with E-state index in [9.17, 15) is 9.90 Å². The Labute approximate surface area is 159 Å². The summed E-state index contributed by atoms with van der Waals surface area (Å²) < 4.78 is 5.07. The third-order valence-corrected chi connectivity index (χ3v) is 4.60. The first-order valence-electron chi connectivity index (χ1n) is 10.4. The van der Waals surface area contributed by atoms with Gasteiger partial charge in [0, 0.05) is 0 Å². The summed E-state index contributed by atoms with van der Waals surface area (Å²) in [5, 5.41) is 9.19. The highest BCUT2D eigenvalue weighted by molar-refractivity contribution is 5.89. The predicted octanol–water partition coefficient (Wildman–Crippen LogP) is 7.15. The molecular formula is C23H36O3. The van der Waals surface area contributed by atoms with Gasteiger partial charge in [-0.1, -0.05) is 77.6 Å². The van der Waals surface area contributed by atoms with Crippen LogP contribution in [0.1, 0.15) is 101 Å². The molecule has 0 heterocycles. The molecule has 0 radical (unpaired) electrons. The van der Waals surface area contributed by atoms with E-state index in [2.05, 4.69) is 6.92 Å². The molecule has 0 saturated carbocycles. The number of ether oxygens (including phenoxy) is 1. The number of allylic oxidation sites excluding steroid dienone is 1. The van der Waals surface area contributed by atoms with E-state index >= 15 is 0 Å². The predicted molar refractivity (Wildman–Crippen MR) is 108 cm³/mol. The molecule has 0 bridgehead atoms. The molecule has 0 aliphatic heterocycles. The van der Waals surface area contributed by atoms with Crippen molar-refractivity contribution in [1.29, 1.82) is 0 Å². The van der Waals surface area contributed by atoms with Crippen LogP contribution in [0.3, 0.4) is 0 Å². The molecule has 0 aliphatic carbocycles. The Balaban J connectivity index is 1.89. The lowest BCUT2D eigenvalue weighted by molar-refractivity contribution is 0.0662. The van der Waals surface area contributed by atoms with Gasteiger partial charge in [0.15, 0.2) is 0 Å². The van der Waals surface area contributed by atoms with Crippen molar-refractivity contribution in [3.8, 4) is 5.75 Å². The van der Waals surface area contributed by atoms with Crippen LogP contribution in [0.2, 0.25) is 0 Å². The number of aromatic hydroxyl groups is 1. The fourth-order valence-corrected chi connectivity index (χ4v) is 2.95. The molecule has 0 amide bonds. The lowest BCUT2D eigenvalue weighted by atomic mass is 10.0. The third kappa shape index (κ3) is 11.7. The summed E-state index contributed by atoms with van der Waals surface area (Å²) in [6.07, 6.45) is 20.5. The van der Waals surface area contributed by atoms with E-state index in [1.807, 2.05) is 6.08 Å². The second kappa shape index (κ2) is 15.5. The Kier molecular flexibility index (Phi) is 13.3. The third-order valence-electron chi connectivity index (χ3n) is 4.60. The van der Waals surface area contributed by atoms with Crippen LogP contribution in [-0.4, -0.2) is 11.1 Å². The summed E-state index contributed by atoms with van der Waals surface area (Å²) >= 11 is 0. The number of phenols is 1. The second-order valence-electron chi connectivity index (χ2n) is 7.00. The number of hydrogen-bond acceptors (Lipinski definition) is 3. The van der Waals surface area contributed by atoms with E-state index in [-0.39, 0.29) is 5.75 Å². The quantitative estimate of drug-likeness (QED) is 0.205. The lowest BCUT2D eigenvalue weighted by Crippen LogP contribution is -1.99. The lowest BCUT2D eigenvalue weighted by Gasteiger charge is -2.02. The fourth-order valence-electron chi connectivity index (χ4n) is 2.95. The molecule has 0 aliphatic rings. The highest BCUT2D eigenvalue weighted by atomic mass is 16.5. The number of esters is 1. The van der Waals surface area contributed by atoms with E-state index < -0.39 is 5.97 Å². The van der Waals surface area contributed by atoms with Crippen molar-refractivity contribution in [2.24, 2.45) is 0 Å². The van der Waals surface area contributed by atoms with Crippen molar-refractivity contribution < 1.29 is 14.6 Å². The van der Waals surface area contributed by atoms with Gasteiger partial charge in [0.05, 0.1) is 11.8 Å². The van der Waals surface area contributed by atoms with Crippen LogP contribution in [0.5, 0.6) is 5.75 Å². The standard InChI is InChI=1S/C23H36O3/c1-2-3-4-5-6-7-8-9-10-11-12-13-14-15-20-26-23(25)21-16-18-22(24)19-17-21/h15-20,24H,2-14H2,1H3/b20-15+. The molecule has 0 atom stereocenters. The topological polar surface area (TPSA) is 46.5 Å². The normalized spacial score (nSPS) is 11.1. The first-order valence-corrected chi connectivity index (χ1v) is 10.4.